The Kier molecular flexibility index (Phi) is 6.44. The van der Waals surface area contributed by atoms with E-state index in [-0.39, 0.29) is 30.5 Å². The number of aromatic hydroxyl groups is 1. The van der Waals surface area contributed by atoms with Gasteiger partial charge in [0.1, 0.15) is 12.4 Å². The molecule has 2 saturated carbocycles. The van der Waals surface area contributed by atoms with Crippen molar-refractivity contribution < 1.29 is 44.1 Å². The van der Waals surface area contributed by atoms with E-state index < -0.39 is 83.0 Å². The van der Waals surface area contributed by atoms with E-state index in [2.05, 4.69) is 5.32 Å². The lowest BCUT2D eigenvalue weighted by Crippen LogP contribution is -2.68. The van der Waals surface area contributed by atoms with Gasteiger partial charge in [-0.15, -0.1) is 0 Å². The average molecular weight is 535 g/mol. The van der Waals surface area contributed by atoms with Crippen LogP contribution in [0.1, 0.15) is 34.3 Å². The molecule has 6 N–H and O–H groups in total. The molecule has 3 aliphatic rings. The Balaban J connectivity index is 1.63. The van der Waals surface area contributed by atoms with Gasteiger partial charge >= 0.3 is 0 Å². The van der Waals surface area contributed by atoms with Gasteiger partial charge in [0.05, 0.1) is 11.5 Å². The van der Waals surface area contributed by atoms with E-state index >= 15 is 0 Å². The number of benzene rings is 2. The first kappa shape index (κ1) is 26.4. The first-order chi connectivity index (χ1) is 18.5. The lowest BCUT2D eigenvalue weighted by Gasteiger charge is -2.48. The Hall–Kier alpha value is -4.22. The first-order valence-electron chi connectivity index (χ1n) is 12.5. The Labute approximate surface area is 222 Å². The SMILES string of the molecule is NC(=O)C1C(=O)C[C@@H]2C[C@@H]3Cc4c(-c5ccccc5)cc(CNC(=O)CO)c(O)c4C(=O)C3C(=O)[C@]2(O)C1=O. The van der Waals surface area contributed by atoms with Crippen molar-refractivity contribution >= 4 is 34.9 Å². The number of hydrogen-bond acceptors (Lipinski definition) is 9. The number of Topliss-reactive ketones (excluding diaryl/α,β-unsaturated/α-hetero) is 4. The van der Waals surface area contributed by atoms with Gasteiger partial charge in [0, 0.05) is 24.4 Å². The summed E-state index contributed by atoms with van der Waals surface area (Å²) >= 11 is 0. The lowest BCUT2D eigenvalue weighted by molar-refractivity contribution is -0.175. The maximum absolute atomic E-state index is 13.9. The molecule has 2 aromatic carbocycles. The molecule has 0 aliphatic heterocycles. The van der Waals surface area contributed by atoms with Gasteiger partial charge in [0.25, 0.3) is 0 Å². The molecule has 0 radical (unpaired) electrons. The molecule has 0 aromatic heterocycles. The number of nitrogens with two attached hydrogens (primary N) is 1. The number of hydrogen-bond donors (Lipinski definition) is 5. The summed E-state index contributed by atoms with van der Waals surface area (Å²) in [7, 11) is 0. The molecule has 0 spiro atoms. The van der Waals surface area contributed by atoms with Crippen LogP contribution in [0.4, 0.5) is 0 Å². The van der Waals surface area contributed by atoms with Crippen LogP contribution in [0.15, 0.2) is 36.4 Å². The van der Waals surface area contributed by atoms with Gasteiger partial charge in [-0.25, -0.2) is 0 Å². The number of phenols is 1. The second-order valence-corrected chi connectivity index (χ2v) is 10.3. The molecule has 2 amide bonds. The molecule has 0 bridgehead atoms. The van der Waals surface area contributed by atoms with Crippen molar-refractivity contribution in [3.63, 3.8) is 0 Å². The van der Waals surface area contributed by atoms with E-state index in [4.69, 9.17) is 10.8 Å². The Morgan fingerprint density at radius 1 is 1.05 bits per heavy atom. The molecule has 2 aromatic rings. The number of amides is 2. The van der Waals surface area contributed by atoms with Crippen LogP contribution in [0.2, 0.25) is 0 Å². The molecule has 2 unspecified atom stereocenters. The summed E-state index contributed by atoms with van der Waals surface area (Å²) < 4.78 is 0. The smallest absolute Gasteiger partial charge is 0.245 e. The van der Waals surface area contributed by atoms with E-state index in [1.807, 2.05) is 0 Å². The molecule has 202 valence electrons. The standard InChI is InChI=1S/C28H26N2O9/c29-27(38)22-18(32)9-15-6-13-7-17-16(12-4-2-1-3-5-12)8-14(10-30-19(33)11-31)23(34)21(17)24(35)20(13)25(36)28(15,39)26(22)37/h1-5,8,13,15,20,22,31,34,39H,6-7,9-11H2,(H2,29,38)(H,30,33)/t13-,15+,20?,22?,28+/m1/s1. The zero-order valence-corrected chi connectivity index (χ0v) is 20.7. The van der Waals surface area contributed by atoms with Crippen molar-refractivity contribution in [2.24, 2.45) is 29.4 Å². The van der Waals surface area contributed by atoms with Gasteiger partial charge in [-0.1, -0.05) is 30.3 Å². The van der Waals surface area contributed by atoms with Gasteiger partial charge in [0.15, 0.2) is 34.7 Å². The number of carbonyl (C=O) groups is 6. The van der Waals surface area contributed by atoms with Crippen LogP contribution in [0, 0.1) is 23.7 Å². The first-order valence-corrected chi connectivity index (χ1v) is 12.5. The van der Waals surface area contributed by atoms with E-state index in [0.29, 0.717) is 16.7 Å². The number of primary amides is 1. The van der Waals surface area contributed by atoms with Crippen molar-refractivity contribution in [3.05, 3.63) is 53.1 Å². The van der Waals surface area contributed by atoms with Gasteiger partial charge < -0.3 is 26.4 Å². The number of carbonyl (C=O) groups excluding carboxylic acids is 6. The molecule has 0 heterocycles. The highest BCUT2D eigenvalue weighted by atomic mass is 16.3. The highest BCUT2D eigenvalue weighted by molar-refractivity contribution is 6.31. The lowest BCUT2D eigenvalue weighted by atomic mass is 9.53. The third-order valence-corrected chi connectivity index (χ3v) is 8.19. The van der Waals surface area contributed by atoms with Gasteiger partial charge in [-0.2, -0.15) is 0 Å². The predicted octanol–water partition coefficient (Wildman–Crippen LogP) is -0.398. The third-order valence-electron chi connectivity index (χ3n) is 8.19. The number of phenolic OH excluding ortho intramolecular Hbond substituents is 1. The van der Waals surface area contributed by atoms with E-state index in [1.54, 1.807) is 36.4 Å². The topological polar surface area (TPSA) is 201 Å². The molecular formula is C28H26N2O9. The van der Waals surface area contributed by atoms with Crippen molar-refractivity contribution in [1.29, 1.82) is 0 Å². The summed E-state index contributed by atoms with van der Waals surface area (Å²) in [5, 5.41) is 34.0. The number of rotatable bonds is 5. The molecule has 5 atom stereocenters. The normalized spacial score (nSPS) is 27.8. The minimum absolute atomic E-state index is 0.00957. The second kappa shape index (κ2) is 9.51. The van der Waals surface area contributed by atoms with Crippen LogP contribution in [0.5, 0.6) is 5.75 Å². The van der Waals surface area contributed by atoms with E-state index in [1.165, 1.54) is 0 Å². The van der Waals surface area contributed by atoms with Crippen molar-refractivity contribution in [1.82, 2.24) is 5.32 Å². The molecular weight excluding hydrogens is 508 g/mol. The monoisotopic (exact) mass is 534 g/mol. The fourth-order valence-corrected chi connectivity index (χ4v) is 6.35. The zero-order chi connectivity index (χ0) is 28.2. The number of ketones is 4. The predicted molar refractivity (Wildman–Crippen MR) is 133 cm³/mol. The summed E-state index contributed by atoms with van der Waals surface area (Å²) in [5.74, 6) is -11.7. The summed E-state index contributed by atoms with van der Waals surface area (Å²) in [6.45, 7) is -1.00. The van der Waals surface area contributed by atoms with E-state index in [9.17, 15) is 39.0 Å². The minimum Gasteiger partial charge on any atom is -0.507 e. The third kappa shape index (κ3) is 3.96. The van der Waals surface area contributed by atoms with Crippen LogP contribution >= 0.6 is 0 Å². The fourth-order valence-electron chi connectivity index (χ4n) is 6.35. The summed E-state index contributed by atoms with van der Waals surface area (Å²) in [6.07, 6.45) is -0.288. The minimum atomic E-state index is -2.73. The van der Waals surface area contributed by atoms with Gasteiger partial charge in [-0.05, 0) is 41.5 Å². The maximum Gasteiger partial charge on any atom is 0.245 e. The zero-order valence-electron chi connectivity index (χ0n) is 20.7. The average Bonchev–Trinajstić information content (AvgIpc) is 2.90. The number of nitrogens with one attached hydrogen (secondary N) is 1. The van der Waals surface area contributed by atoms with Crippen LogP contribution in [0.25, 0.3) is 11.1 Å². The molecule has 5 rings (SSSR count). The molecule has 11 heteroatoms. The van der Waals surface area contributed by atoms with Crippen LogP contribution in [-0.4, -0.2) is 62.5 Å². The molecule has 39 heavy (non-hydrogen) atoms. The number of aliphatic hydroxyl groups excluding tert-OH is 1. The van der Waals surface area contributed by atoms with Crippen molar-refractivity contribution in [3.8, 4) is 16.9 Å². The number of aliphatic hydroxyl groups is 2. The Bertz CT molecular complexity index is 1450. The highest BCUT2D eigenvalue weighted by Crippen LogP contribution is 2.51. The molecule has 0 saturated heterocycles. The van der Waals surface area contributed by atoms with Crippen LogP contribution in [0.3, 0.4) is 0 Å². The summed E-state index contributed by atoms with van der Waals surface area (Å²) in [6, 6.07) is 10.6. The second-order valence-electron chi connectivity index (χ2n) is 10.3. The van der Waals surface area contributed by atoms with Crippen LogP contribution in [-0.2, 0) is 36.9 Å². The highest BCUT2D eigenvalue weighted by Gasteiger charge is 2.66. The summed E-state index contributed by atoms with van der Waals surface area (Å²) in [5.41, 5.74) is 4.24. The number of fused-ring (bicyclic) bond motifs is 3. The Morgan fingerprint density at radius 3 is 2.38 bits per heavy atom. The van der Waals surface area contributed by atoms with Crippen molar-refractivity contribution in [2.45, 2.75) is 31.4 Å². The summed E-state index contributed by atoms with van der Waals surface area (Å²) in [4.78, 5) is 76.7. The maximum atomic E-state index is 13.9. The quantitative estimate of drug-likeness (QED) is 0.317. The fraction of sp³-hybridized carbons (Fsp3) is 0.357. The largest absolute Gasteiger partial charge is 0.507 e. The molecule has 11 nitrogen and oxygen atoms in total. The van der Waals surface area contributed by atoms with Crippen molar-refractivity contribution in [2.75, 3.05) is 6.61 Å². The molecule has 2 fully saturated rings. The van der Waals surface area contributed by atoms with E-state index in [0.717, 1.165) is 0 Å². The molecule has 3 aliphatic carbocycles. The van der Waals surface area contributed by atoms with Gasteiger partial charge in [-0.3, -0.25) is 28.8 Å². The van der Waals surface area contributed by atoms with Crippen LogP contribution < -0.4 is 11.1 Å². The van der Waals surface area contributed by atoms with Gasteiger partial charge in [0.2, 0.25) is 11.8 Å². The Morgan fingerprint density at radius 2 is 1.74 bits per heavy atom.